The van der Waals surface area contributed by atoms with Gasteiger partial charge in [-0.1, -0.05) is 82.2 Å². The molecule has 0 radical (unpaired) electrons. The van der Waals surface area contributed by atoms with E-state index in [1.165, 1.54) is 47.6 Å². The van der Waals surface area contributed by atoms with Crippen LogP contribution in [0.5, 0.6) is 0 Å². The zero-order valence-corrected chi connectivity index (χ0v) is 27.7. The van der Waals surface area contributed by atoms with Gasteiger partial charge in [0.2, 0.25) is 5.91 Å². The van der Waals surface area contributed by atoms with Crippen LogP contribution in [0, 0.1) is 17.3 Å². The van der Waals surface area contributed by atoms with Gasteiger partial charge in [0.15, 0.2) is 0 Å². The quantitative estimate of drug-likeness (QED) is 0.433. The van der Waals surface area contributed by atoms with Crippen molar-refractivity contribution in [3.8, 4) is 11.1 Å². The van der Waals surface area contributed by atoms with Crippen molar-refractivity contribution >= 4 is 17.9 Å². The topological polar surface area (TPSA) is 123 Å². The van der Waals surface area contributed by atoms with Crippen LogP contribution in [0.15, 0.2) is 47.4 Å². The van der Waals surface area contributed by atoms with Crippen LogP contribution in [0.1, 0.15) is 87.9 Å². The summed E-state index contributed by atoms with van der Waals surface area (Å²) in [6.07, 6.45) is 11.6. The summed E-state index contributed by atoms with van der Waals surface area (Å²) < 4.78 is 1.50. The van der Waals surface area contributed by atoms with E-state index >= 15 is 0 Å². The molecule has 1 aromatic heterocycles. The average Bonchev–Trinajstić information content (AvgIpc) is 3.57. The van der Waals surface area contributed by atoms with E-state index in [1.807, 2.05) is 35.2 Å². The number of carbonyl (C=O) groups is 3. The molecule has 2 saturated carbocycles. The lowest BCUT2D eigenvalue weighted by Gasteiger charge is -2.53. The number of hydrogen-bond acceptors (Lipinski definition) is 5. The van der Waals surface area contributed by atoms with Crippen LogP contribution in [-0.4, -0.2) is 92.3 Å². The normalized spacial score (nSPS) is 24.0. The minimum absolute atomic E-state index is 0.0400. The van der Waals surface area contributed by atoms with Crippen LogP contribution in [0.2, 0.25) is 0 Å². The van der Waals surface area contributed by atoms with Gasteiger partial charge in [0.05, 0.1) is 17.7 Å². The van der Waals surface area contributed by atoms with Gasteiger partial charge in [0.25, 0.3) is 11.5 Å². The van der Waals surface area contributed by atoms with E-state index in [0.29, 0.717) is 36.6 Å². The SMILES string of the molecule is CC(CC1CCCCC1)C(=O)N1CCC(O)(Cn2cc(C(=O)N3CCN(C(=O)O)CC3)c(-c3ccccc3)cc2=O)C2(CCCC2)C1. The number of benzene rings is 1. The van der Waals surface area contributed by atoms with Gasteiger partial charge in [0.1, 0.15) is 0 Å². The molecule has 2 N–H and O–H groups in total. The van der Waals surface area contributed by atoms with Crippen LogP contribution in [-0.2, 0) is 11.3 Å². The highest BCUT2D eigenvalue weighted by Gasteiger charge is 2.56. The van der Waals surface area contributed by atoms with Gasteiger partial charge in [-0.25, -0.2) is 4.79 Å². The fraction of sp³-hybridized carbons (Fsp3) is 0.622. The number of amides is 3. The summed E-state index contributed by atoms with van der Waals surface area (Å²) in [4.78, 5) is 57.9. The smallest absolute Gasteiger partial charge is 0.407 e. The fourth-order valence-electron chi connectivity index (χ4n) is 8.90. The standard InChI is InChI=1S/C37H50N4O6/c1-27(22-28-10-4-2-5-11-28)33(43)40-17-16-37(47,36(25-40)14-8-9-15-36)26-41-24-31(30(23-32(41)42)29-12-6-3-7-13-29)34(44)38-18-20-39(21-19-38)35(45)46/h3,6-7,12-13,23-24,27-28,47H,2,4-5,8-11,14-22,25-26H2,1H3,(H,45,46). The number of piperidine rings is 1. The summed E-state index contributed by atoms with van der Waals surface area (Å²) in [6, 6.07) is 10.8. The predicted octanol–water partition coefficient (Wildman–Crippen LogP) is 5.08. The lowest BCUT2D eigenvalue weighted by Crippen LogP contribution is -2.62. The third-order valence-corrected chi connectivity index (χ3v) is 11.7. The first-order chi connectivity index (χ1) is 22.6. The molecule has 2 saturated heterocycles. The fourth-order valence-corrected chi connectivity index (χ4v) is 8.90. The van der Waals surface area contributed by atoms with Crippen molar-refractivity contribution in [3.05, 3.63) is 58.5 Å². The van der Waals surface area contributed by atoms with Crippen molar-refractivity contribution in [2.45, 2.75) is 89.7 Å². The molecule has 2 unspecified atom stereocenters. The van der Waals surface area contributed by atoms with E-state index in [1.54, 1.807) is 11.1 Å². The van der Waals surface area contributed by atoms with Crippen molar-refractivity contribution in [3.63, 3.8) is 0 Å². The summed E-state index contributed by atoms with van der Waals surface area (Å²) >= 11 is 0. The molecule has 2 aromatic rings. The molecular formula is C37H50N4O6. The number of nitrogens with zero attached hydrogens (tertiary/aromatic N) is 4. The molecule has 2 aliphatic heterocycles. The molecule has 4 aliphatic rings. The molecule has 2 atom stereocenters. The summed E-state index contributed by atoms with van der Waals surface area (Å²) in [6.45, 7) is 4.01. The lowest BCUT2D eigenvalue weighted by molar-refractivity contribution is -0.163. The zero-order chi connectivity index (χ0) is 33.2. The number of pyridine rings is 1. The number of aliphatic hydroxyl groups is 1. The minimum atomic E-state index is -1.21. The van der Waals surface area contributed by atoms with Crippen molar-refractivity contribution < 1.29 is 24.6 Å². The first-order valence-corrected chi connectivity index (χ1v) is 17.7. The maximum Gasteiger partial charge on any atom is 0.407 e. The Bertz CT molecular complexity index is 1500. The Morgan fingerprint density at radius 3 is 2.19 bits per heavy atom. The molecule has 1 spiro atoms. The van der Waals surface area contributed by atoms with Crippen molar-refractivity contribution in [1.82, 2.24) is 19.3 Å². The molecule has 10 nitrogen and oxygen atoms in total. The van der Waals surface area contributed by atoms with Crippen molar-refractivity contribution in [2.75, 3.05) is 39.3 Å². The Balaban J connectivity index is 1.26. The molecular weight excluding hydrogens is 596 g/mol. The minimum Gasteiger partial charge on any atom is -0.465 e. The van der Waals surface area contributed by atoms with Gasteiger partial charge < -0.3 is 29.5 Å². The van der Waals surface area contributed by atoms with Crippen molar-refractivity contribution in [1.29, 1.82) is 0 Å². The molecule has 3 heterocycles. The Labute approximate surface area is 277 Å². The predicted molar refractivity (Wildman–Crippen MR) is 179 cm³/mol. The van der Waals surface area contributed by atoms with E-state index in [2.05, 4.69) is 6.92 Å². The third-order valence-electron chi connectivity index (χ3n) is 11.7. The molecule has 254 valence electrons. The van der Waals surface area contributed by atoms with E-state index in [0.717, 1.165) is 37.7 Å². The van der Waals surface area contributed by atoms with E-state index < -0.39 is 17.1 Å². The number of carbonyl (C=O) groups excluding carboxylic acids is 2. The van der Waals surface area contributed by atoms with Crippen LogP contribution in [0.4, 0.5) is 4.79 Å². The third kappa shape index (κ3) is 6.84. The maximum absolute atomic E-state index is 14.0. The van der Waals surface area contributed by atoms with E-state index in [-0.39, 0.29) is 56.0 Å². The molecule has 6 rings (SSSR count). The van der Waals surface area contributed by atoms with Gasteiger partial charge >= 0.3 is 6.09 Å². The number of hydrogen-bond donors (Lipinski definition) is 2. The van der Waals surface area contributed by atoms with Gasteiger partial charge in [-0.2, -0.15) is 0 Å². The van der Waals surface area contributed by atoms with Gasteiger partial charge in [-0.3, -0.25) is 14.4 Å². The van der Waals surface area contributed by atoms with Crippen LogP contribution in [0.3, 0.4) is 0 Å². The summed E-state index contributed by atoms with van der Waals surface area (Å²) in [5.74, 6) is 0.497. The second-order valence-corrected chi connectivity index (χ2v) is 14.7. The highest BCUT2D eigenvalue weighted by atomic mass is 16.4. The Morgan fingerprint density at radius 2 is 1.53 bits per heavy atom. The second kappa shape index (κ2) is 13.8. The molecule has 3 amide bonds. The van der Waals surface area contributed by atoms with E-state index in [9.17, 15) is 29.4 Å². The molecule has 2 aliphatic carbocycles. The number of likely N-dealkylation sites (tertiary alicyclic amines) is 1. The molecule has 47 heavy (non-hydrogen) atoms. The van der Waals surface area contributed by atoms with E-state index in [4.69, 9.17) is 0 Å². The van der Waals surface area contributed by atoms with Crippen LogP contribution in [0.25, 0.3) is 11.1 Å². The van der Waals surface area contributed by atoms with Gasteiger partial charge in [0, 0.05) is 68.4 Å². The summed E-state index contributed by atoms with van der Waals surface area (Å²) in [5.41, 5.74) is -0.402. The number of rotatable bonds is 7. The summed E-state index contributed by atoms with van der Waals surface area (Å²) in [5, 5.41) is 21.9. The number of carboxylic acid groups (broad SMARTS) is 1. The van der Waals surface area contributed by atoms with Crippen LogP contribution >= 0.6 is 0 Å². The van der Waals surface area contributed by atoms with Crippen LogP contribution < -0.4 is 5.56 Å². The first kappa shape index (κ1) is 33.2. The first-order valence-electron chi connectivity index (χ1n) is 17.7. The Hall–Kier alpha value is -3.66. The van der Waals surface area contributed by atoms with Gasteiger partial charge in [-0.15, -0.1) is 0 Å². The Morgan fingerprint density at radius 1 is 0.872 bits per heavy atom. The largest absolute Gasteiger partial charge is 0.465 e. The number of aromatic nitrogens is 1. The lowest BCUT2D eigenvalue weighted by atomic mass is 9.65. The average molecular weight is 647 g/mol. The highest BCUT2D eigenvalue weighted by Crippen LogP contribution is 2.52. The highest BCUT2D eigenvalue weighted by molar-refractivity contribution is 6.00. The maximum atomic E-state index is 14.0. The number of piperazine rings is 1. The zero-order valence-electron chi connectivity index (χ0n) is 27.7. The van der Waals surface area contributed by atoms with Crippen molar-refractivity contribution in [2.24, 2.45) is 17.3 Å². The molecule has 1 aromatic carbocycles. The molecule has 10 heteroatoms. The monoisotopic (exact) mass is 646 g/mol. The summed E-state index contributed by atoms with van der Waals surface area (Å²) in [7, 11) is 0. The molecule has 0 bridgehead atoms. The Kier molecular flexibility index (Phi) is 9.78. The second-order valence-electron chi connectivity index (χ2n) is 14.7. The molecule has 4 fully saturated rings. The van der Waals surface area contributed by atoms with Gasteiger partial charge in [-0.05, 0) is 37.2 Å².